The summed E-state index contributed by atoms with van der Waals surface area (Å²) in [6, 6.07) is 0. The van der Waals surface area contributed by atoms with Gasteiger partial charge in [0, 0.05) is 6.20 Å². The second kappa shape index (κ2) is 5.51. The van der Waals surface area contributed by atoms with E-state index in [1.165, 1.54) is 0 Å². The van der Waals surface area contributed by atoms with Crippen LogP contribution in [0, 0.1) is 5.82 Å². The third-order valence-corrected chi connectivity index (χ3v) is 2.08. The topological polar surface area (TPSA) is 48.4 Å². The summed E-state index contributed by atoms with van der Waals surface area (Å²) in [6.45, 7) is 0. The minimum atomic E-state index is -3.06. The molecule has 0 atom stereocenters. The van der Waals surface area contributed by atoms with Gasteiger partial charge in [-0.15, -0.1) is 0 Å². The Kier molecular flexibility index (Phi) is 4.30. The van der Waals surface area contributed by atoms with Crippen LogP contribution in [-0.2, 0) is 16.0 Å². The van der Waals surface area contributed by atoms with Crippen LogP contribution >= 0.6 is 0 Å². The largest absolute Gasteiger partial charge is 0.479 e. The minimum Gasteiger partial charge on any atom is -0.479 e. The zero-order chi connectivity index (χ0) is 13.0. The number of carbonyl (C=O) groups is 1. The first-order chi connectivity index (χ1) is 8.01. The predicted octanol–water partition coefficient (Wildman–Crippen LogP) is 1.88. The second-order valence-corrected chi connectivity index (χ2v) is 3.07. The van der Waals surface area contributed by atoms with Crippen molar-refractivity contribution in [3.63, 3.8) is 0 Å². The van der Waals surface area contributed by atoms with E-state index in [0.29, 0.717) is 0 Å². The van der Waals surface area contributed by atoms with E-state index in [1.807, 2.05) is 0 Å². The molecule has 4 nitrogen and oxygen atoms in total. The highest BCUT2D eigenvalue weighted by molar-refractivity contribution is 5.72. The monoisotopic (exact) mass is 249 g/mol. The van der Waals surface area contributed by atoms with Crippen molar-refractivity contribution in [3.05, 3.63) is 23.1 Å². The van der Waals surface area contributed by atoms with Crippen LogP contribution in [0.5, 0.6) is 5.88 Å². The van der Waals surface area contributed by atoms with E-state index in [-0.39, 0.29) is 5.56 Å². The van der Waals surface area contributed by atoms with Gasteiger partial charge in [0.25, 0.3) is 12.3 Å². The quantitative estimate of drug-likeness (QED) is 0.764. The van der Waals surface area contributed by atoms with Crippen LogP contribution in [0.1, 0.15) is 17.6 Å². The Morgan fingerprint density at radius 3 is 2.59 bits per heavy atom. The lowest BCUT2D eigenvalue weighted by atomic mass is 10.1. The van der Waals surface area contributed by atoms with Gasteiger partial charge in [0.1, 0.15) is 0 Å². The van der Waals surface area contributed by atoms with E-state index in [0.717, 1.165) is 20.4 Å². The van der Waals surface area contributed by atoms with E-state index in [2.05, 4.69) is 14.5 Å². The molecule has 0 aliphatic rings. The third kappa shape index (κ3) is 2.86. The van der Waals surface area contributed by atoms with Gasteiger partial charge < -0.3 is 9.47 Å². The molecule has 94 valence electrons. The van der Waals surface area contributed by atoms with Gasteiger partial charge in [0.2, 0.25) is 0 Å². The molecule has 0 aliphatic heterocycles. The Bertz CT molecular complexity index is 424. The lowest BCUT2D eigenvalue weighted by molar-refractivity contribution is -0.139. The number of nitrogens with zero attached hydrogens (tertiary/aromatic N) is 1. The first-order valence-electron chi connectivity index (χ1n) is 4.57. The first-order valence-corrected chi connectivity index (χ1v) is 4.57. The highest BCUT2D eigenvalue weighted by atomic mass is 19.3. The number of carbonyl (C=O) groups excluding carboxylic acids is 1. The molecule has 0 bridgehead atoms. The van der Waals surface area contributed by atoms with Gasteiger partial charge >= 0.3 is 5.97 Å². The smallest absolute Gasteiger partial charge is 0.310 e. The van der Waals surface area contributed by atoms with E-state index in [9.17, 15) is 18.0 Å². The third-order valence-electron chi connectivity index (χ3n) is 2.08. The zero-order valence-electron chi connectivity index (χ0n) is 9.17. The van der Waals surface area contributed by atoms with Crippen molar-refractivity contribution in [3.8, 4) is 5.88 Å². The fraction of sp³-hybridized carbons (Fsp3) is 0.400. The molecule has 0 fully saturated rings. The molecule has 1 aromatic rings. The molecule has 0 spiro atoms. The molecular formula is C10H10F3NO3. The average molecular weight is 249 g/mol. The summed E-state index contributed by atoms with van der Waals surface area (Å²) < 4.78 is 47.7. The molecule has 0 radical (unpaired) electrons. The normalized spacial score (nSPS) is 10.5. The molecule has 1 aromatic heterocycles. The summed E-state index contributed by atoms with van der Waals surface area (Å²) >= 11 is 0. The summed E-state index contributed by atoms with van der Waals surface area (Å²) in [7, 11) is 2.22. The number of halogens is 3. The highest BCUT2D eigenvalue weighted by Gasteiger charge is 2.24. The van der Waals surface area contributed by atoms with E-state index < -0.39 is 36.1 Å². The van der Waals surface area contributed by atoms with Gasteiger partial charge in [-0.1, -0.05) is 0 Å². The van der Waals surface area contributed by atoms with Gasteiger partial charge in [0.15, 0.2) is 5.82 Å². The SMILES string of the molecule is COC(=O)Cc1cnc(OC)c(F)c1C(F)F. The second-order valence-electron chi connectivity index (χ2n) is 3.07. The summed E-state index contributed by atoms with van der Waals surface area (Å²) in [5, 5.41) is 0. The Morgan fingerprint density at radius 1 is 1.47 bits per heavy atom. The maximum atomic E-state index is 13.5. The lowest BCUT2D eigenvalue weighted by Crippen LogP contribution is -2.10. The Labute approximate surface area is 95.4 Å². The summed E-state index contributed by atoms with van der Waals surface area (Å²) in [5.74, 6) is -2.55. The molecule has 17 heavy (non-hydrogen) atoms. The maximum Gasteiger partial charge on any atom is 0.310 e. The van der Waals surface area contributed by atoms with Crippen LogP contribution in [0.3, 0.4) is 0 Å². The number of hydrogen-bond acceptors (Lipinski definition) is 4. The molecule has 0 saturated heterocycles. The van der Waals surface area contributed by atoms with E-state index >= 15 is 0 Å². The number of pyridine rings is 1. The van der Waals surface area contributed by atoms with Gasteiger partial charge in [0.05, 0.1) is 26.2 Å². The van der Waals surface area contributed by atoms with Gasteiger partial charge in [-0.25, -0.2) is 18.2 Å². The minimum absolute atomic E-state index is 0.217. The molecule has 0 saturated carbocycles. The molecular weight excluding hydrogens is 239 g/mol. The van der Waals surface area contributed by atoms with Crippen molar-refractivity contribution in [2.24, 2.45) is 0 Å². The number of ether oxygens (including phenoxy) is 2. The summed E-state index contributed by atoms with van der Waals surface area (Å²) in [4.78, 5) is 14.5. The molecule has 0 N–H and O–H groups in total. The number of hydrogen-bond donors (Lipinski definition) is 0. The van der Waals surface area contributed by atoms with E-state index in [1.54, 1.807) is 0 Å². The molecule has 1 rings (SSSR count). The Balaban J connectivity index is 3.21. The van der Waals surface area contributed by atoms with Crippen LogP contribution in [0.2, 0.25) is 0 Å². The molecule has 0 unspecified atom stereocenters. The molecule has 0 aliphatic carbocycles. The van der Waals surface area contributed by atoms with Gasteiger partial charge in [-0.2, -0.15) is 0 Å². The van der Waals surface area contributed by atoms with E-state index in [4.69, 9.17) is 0 Å². The standard InChI is InChI=1S/C10H10F3NO3/c1-16-6(15)3-5-4-14-10(17-2)8(11)7(5)9(12)13/h4,9H,3H2,1-2H3. The van der Waals surface area contributed by atoms with Crippen molar-refractivity contribution in [1.82, 2.24) is 4.98 Å². The maximum absolute atomic E-state index is 13.5. The van der Waals surface area contributed by atoms with Crippen LogP contribution in [0.4, 0.5) is 13.2 Å². The number of aromatic nitrogens is 1. The molecule has 0 aromatic carbocycles. The van der Waals surface area contributed by atoms with Crippen molar-refractivity contribution in [1.29, 1.82) is 0 Å². The first kappa shape index (κ1) is 13.3. The van der Waals surface area contributed by atoms with Crippen LogP contribution in [-0.4, -0.2) is 25.2 Å². The molecule has 0 amide bonds. The van der Waals surface area contributed by atoms with Crippen molar-refractivity contribution in [2.75, 3.05) is 14.2 Å². The van der Waals surface area contributed by atoms with Crippen molar-refractivity contribution in [2.45, 2.75) is 12.8 Å². The van der Waals surface area contributed by atoms with Crippen molar-refractivity contribution < 1.29 is 27.4 Å². The fourth-order valence-electron chi connectivity index (χ4n) is 1.27. The van der Waals surface area contributed by atoms with Gasteiger partial charge in [-0.05, 0) is 5.56 Å². The average Bonchev–Trinajstić information content (AvgIpc) is 2.28. The predicted molar refractivity (Wildman–Crippen MR) is 51.4 cm³/mol. The number of rotatable bonds is 4. The Hall–Kier alpha value is -1.79. The van der Waals surface area contributed by atoms with Crippen LogP contribution < -0.4 is 4.74 Å². The lowest BCUT2D eigenvalue weighted by Gasteiger charge is -2.10. The fourth-order valence-corrected chi connectivity index (χ4v) is 1.27. The van der Waals surface area contributed by atoms with Crippen LogP contribution in [0.15, 0.2) is 6.20 Å². The molecule has 1 heterocycles. The number of alkyl halides is 2. The molecule has 7 heteroatoms. The highest BCUT2D eigenvalue weighted by Crippen LogP contribution is 2.30. The van der Waals surface area contributed by atoms with Crippen LogP contribution in [0.25, 0.3) is 0 Å². The van der Waals surface area contributed by atoms with Gasteiger partial charge in [-0.3, -0.25) is 4.79 Å². The summed E-state index contributed by atoms with van der Waals surface area (Å²) in [5.41, 5.74) is -1.10. The van der Waals surface area contributed by atoms with Crippen molar-refractivity contribution >= 4 is 5.97 Å². The summed E-state index contributed by atoms with van der Waals surface area (Å²) in [6.07, 6.45) is -2.56. The Morgan fingerprint density at radius 2 is 2.12 bits per heavy atom. The number of methoxy groups -OCH3 is 2. The number of esters is 1. The zero-order valence-corrected chi connectivity index (χ0v) is 9.17.